The highest BCUT2D eigenvalue weighted by molar-refractivity contribution is 7.99. The van der Waals surface area contributed by atoms with Crippen LogP contribution in [0.15, 0.2) is 0 Å². The number of thioether (sulfide) groups is 1. The SMILES string of the molecule is CCC(C)(C)CC(C)(CC)CSCC1CCC(=O)N1. The molecule has 0 saturated carbocycles. The van der Waals surface area contributed by atoms with Gasteiger partial charge in [-0.25, -0.2) is 0 Å². The zero-order chi connectivity index (χ0) is 14.5. The summed E-state index contributed by atoms with van der Waals surface area (Å²) in [5, 5.41) is 3.06. The molecule has 1 saturated heterocycles. The van der Waals surface area contributed by atoms with Gasteiger partial charge < -0.3 is 5.32 Å². The second-order valence-electron chi connectivity index (χ2n) is 7.18. The third kappa shape index (κ3) is 5.76. The first-order valence-electron chi connectivity index (χ1n) is 7.67. The molecule has 2 unspecified atom stereocenters. The number of carbonyl (C=O) groups is 1. The number of hydrogen-bond donors (Lipinski definition) is 1. The van der Waals surface area contributed by atoms with Crippen molar-refractivity contribution < 1.29 is 4.79 Å². The maximum Gasteiger partial charge on any atom is 0.220 e. The van der Waals surface area contributed by atoms with Crippen LogP contribution in [0.1, 0.15) is 66.7 Å². The van der Waals surface area contributed by atoms with Crippen molar-refractivity contribution in [1.82, 2.24) is 5.32 Å². The number of carbonyl (C=O) groups excluding carboxylic acids is 1. The zero-order valence-electron chi connectivity index (χ0n) is 13.3. The smallest absolute Gasteiger partial charge is 0.220 e. The van der Waals surface area contributed by atoms with Crippen molar-refractivity contribution in [3.63, 3.8) is 0 Å². The lowest BCUT2D eigenvalue weighted by molar-refractivity contribution is -0.119. The summed E-state index contributed by atoms with van der Waals surface area (Å²) in [6.07, 6.45) is 5.51. The second-order valence-corrected chi connectivity index (χ2v) is 8.21. The fourth-order valence-corrected chi connectivity index (χ4v) is 4.26. The molecule has 0 spiro atoms. The molecule has 0 aliphatic carbocycles. The van der Waals surface area contributed by atoms with Gasteiger partial charge in [0.2, 0.25) is 5.91 Å². The minimum Gasteiger partial charge on any atom is -0.353 e. The van der Waals surface area contributed by atoms with E-state index >= 15 is 0 Å². The third-order valence-corrected chi connectivity index (χ3v) is 6.11. The first-order chi connectivity index (χ1) is 8.80. The molecule has 2 atom stereocenters. The normalized spacial score (nSPS) is 23.2. The standard InChI is InChI=1S/C16H31NOS/c1-6-15(3,4)11-16(5,7-2)12-19-10-13-8-9-14(18)17-13/h13H,6-12H2,1-5H3,(H,17,18). The molecule has 0 bridgehead atoms. The summed E-state index contributed by atoms with van der Waals surface area (Å²) in [7, 11) is 0. The lowest BCUT2D eigenvalue weighted by Gasteiger charge is -2.36. The molecule has 1 heterocycles. The van der Waals surface area contributed by atoms with Crippen LogP contribution in [-0.4, -0.2) is 23.5 Å². The Balaban J connectivity index is 2.36. The van der Waals surface area contributed by atoms with E-state index in [-0.39, 0.29) is 5.91 Å². The van der Waals surface area contributed by atoms with E-state index in [0.717, 1.165) is 18.6 Å². The number of nitrogens with one attached hydrogen (secondary N) is 1. The van der Waals surface area contributed by atoms with Gasteiger partial charge in [-0.05, 0) is 35.8 Å². The van der Waals surface area contributed by atoms with Gasteiger partial charge in [0.1, 0.15) is 0 Å². The monoisotopic (exact) mass is 285 g/mol. The fourth-order valence-electron chi connectivity index (χ4n) is 2.81. The van der Waals surface area contributed by atoms with Crippen molar-refractivity contribution >= 4 is 17.7 Å². The second kappa shape index (κ2) is 7.01. The van der Waals surface area contributed by atoms with Gasteiger partial charge in [0.25, 0.3) is 0 Å². The first-order valence-corrected chi connectivity index (χ1v) is 8.83. The summed E-state index contributed by atoms with van der Waals surface area (Å²) >= 11 is 2.02. The molecule has 112 valence electrons. The van der Waals surface area contributed by atoms with Crippen LogP contribution in [0.4, 0.5) is 0 Å². The minimum absolute atomic E-state index is 0.232. The summed E-state index contributed by atoms with van der Waals surface area (Å²) in [5.74, 6) is 2.52. The van der Waals surface area contributed by atoms with Crippen molar-refractivity contribution in [3.05, 3.63) is 0 Å². The molecule has 1 aliphatic heterocycles. The molecule has 0 radical (unpaired) electrons. The summed E-state index contributed by atoms with van der Waals surface area (Å²) in [6, 6.07) is 0.415. The summed E-state index contributed by atoms with van der Waals surface area (Å²) in [4.78, 5) is 11.2. The van der Waals surface area contributed by atoms with E-state index in [0.29, 0.717) is 16.9 Å². The highest BCUT2D eigenvalue weighted by Crippen LogP contribution is 2.40. The molecule has 2 nitrogen and oxygen atoms in total. The van der Waals surface area contributed by atoms with Crippen molar-refractivity contribution in [3.8, 4) is 0 Å². The van der Waals surface area contributed by atoms with Gasteiger partial charge in [-0.3, -0.25) is 4.79 Å². The average Bonchev–Trinajstić information content (AvgIpc) is 2.74. The molecule has 1 rings (SSSR count). The molecule has 1 fully saturated rings. The maximum atomic E-state index is 11.2. The van der Waals surface area contributed by atoms with Crippen LogP contribution in [0, 0.1) is 10.8 Å². The lowest BCUT2D eigenvalue weighted by Crippen LogP contribution is -2.30. The van der Waals surface area contributed by atoms with E-state index in [1.165, 1.54) is 25.0 Å². The van der Waals surface area contributed by atoms with Gasteiger partial charge >= 0.3 is 0 Å². The Morgan fingerprint density at radius 3 is 2.42 bits per heavy atom. The Kier molecular flexibility index (Phi) is 6.22. The average molecular weight is 285 g/mol. The Bertz CT molecular complexity index is 303. The number of amides is 1. The lowest BCUT2D eigenvalue weighted by atomic mass is 9.72. The Labute approximate surface area is 123 Å². The van der Waals surface area contributed by atoms with Crippen LogP contribution in [0.5, 0.6) is 0 Å². The number of rotatable bonds is 8. The van der Waals surface area contributed by atoms with Crippen LogP contribution in [-0.2, 0) is 4.79 Å². The molecule has 1 N–H and O–H groups in total. The Morgan fingerprint density at radius 2 is 1.95 bits per heavy atom. The fraction of sp³-hybridized carbons (Fsp3) is 0.938. The van der Waals surface area contributed by atoms with Crippen LogP contribution in [0.25, 0.3) is 0 Å². The van der Waals surface area contributed by atoms with Crippen molar-refractivity contribution in [2.75, 3.05) is 11.5 Å². The van der Waals surface area contributed by atoms with Gasteiger partial charge in [0.15, 0.2) is 0 Å². The van der Waals surface area contributed by atoms with Gasteiger partial charge in [-0.1, -0.05) is 41.0 Å². The third-order valence-electron chi connectivity index (χ3n) is 4.57. The van der Waals surface area contributed by atoms with E-state index in [9.17, 15) is 4.79 Å². The molecule has 0 aromatic heterocycles. The maximum absolute atomic E-state index is 11.2. The number of hydrogen-bond acceptors (Lipinski definition) is 2. The van der Waals surface area contributed by atoms with Crippen molar-refractivity contribution in [1.29, 1.82) is 0 Å². The molecular formula is C16H31NOS. The van der Waals surface area contributed by atoms with E-state index in [1.807, 2.05) is 11.8 Å². The van der Waals surface area contributed by atoms with E-state index in [4.69, 9.17) is 0 Å². The van der Waals surface area contributed by atoms with Gasteiger partial charge in [0.05, 0.1) is 0 Å². The van der Waals surface area contributed by atoms with E-state index < -0.39 is 0 Å². The molecule has 0 aromatic rings. The predicted octanol–water partition coefficient (Wildman–Crippen LogP) is 4.24. The van der Waals surface area contributed by atoms with Crippen LogP contribution < -0.4 is 5.32 Å². The van der Waals surface area contributed by atoms with Gasteiger partial charge in [-0.2, -0.15) is 11.8 Å². The van der Waals surface area contributed by atoms with Crippen molar-refractivity contribution in [2.24, 2.45) is 10.8 Å². The largest absolute Gasteiger partial charge is 0.353 e. The van der Waals surface area contributed by atoms with E-state index in [1.54, 1.807) is 0 Å². The molecule has 0 aromatic carbocycles. The first kappa shape index (κ1) is 16.9. The predicted molar refractivity (Wildman–Crippen MR) is 85.6 cm³/mol. The summed E-state index contributed by atoms with van der Waals surface area (Å²) in [6.45, 7) is 11.8. The topological polar surface area (TPSA) is 29.1 Å². The highest BCUT2D eigenvalue weighted by Gasteiger charge is 2.30. The van der Waals surface area contributed by atoms with Crippen LogP contribution in [0.3, 0.4) is 0 Å². The highest BCUT2D eigenvalue weighted by atomic mass is 32.2. The van der Waals surface area contributed by atoms with E-state index in [2.05, 4.69) is 39.9 Å². The molecule has 19 heavy (non-hydrogen) atoms. The molecule has 3 heteroatoms. The Morgan fingerprint density at radius 1 is 1.26 bits per heavy atom. The molecule has 1 aliphatic rings. The molecule has 1 amide bonds. The summed E-state index contributed by atoms with van der Waals surface area (Å²) < 4.78 is 0. The zero-order valence-corrected chi connectivity index (χ0v) is 14.2. The summed E-state index contributed by atoms with van der Waals surface area (Å²) in [5.41, 5.74) is 0.861. The van der Waals surface area contributed by atoms with Gasteiger partial charge in [-0.15, -0.1) is 0 Å². The molecular weight excluding hydrogens is 254 g/mol. The minimum atomic E-state index is 0.232. The Hall–Kier alpha value is -0.180. The van der Waals surface area contributed by atoms with Crippen LogP contribution in [0.2, 0.25) is 0 Å². The van der Waals surface area contributed by atoms with Crippen molar-refractivity contribution in [2.45, 2.75) is 72.8 Å². The van der Waals surface area contributed by atoms with Gasteiger partial charge in [0, 0.05) is 18.2 Å². The quantitative estimate of drug-likeness (QED) is 0.722. The van der Waals surface area contributed by atoms with Crippen LogP contribution >= 0.6 is 11.8 Å².